The highest BCUT2D eigenvalue weighted by atomic mass is 79.9. The summed E-state index contributed by atoms with van der Waals surface area (Å²) < 4.78 is 11.7. The van der Waals surface area contributed by atoms with Crippen molar-refractivity contribution < 1.29 is 19.1 Å². The molecular formula is C19H18BrCl2N3O4S. The number of hydrazine groups is 1. The second kappa shape index (κ2) is 11.4. The van der Waals surface area contributed by atoms with Crippen molar-refractivity contribution in [2.75, 3.05) is 6.61 Å². The van der Waals surface area contributed by atoms with Crippen molar-refractivity contribution in [2.45, 2.75) is 20.0 Å². The van der Waals surface area contributed by atoms with E-state index in [1.54, 1.807) is 18.2 Å². The fraction of sp³-hybridized carbons (Fsp3) is 0.211. The lowest BCUT2D eigenvalue weighted by molar-refractivity contribution is -0.126. The summed E-state index contributed by atoms with van der Waals surface area (Å²) in [7, 11) is 0. The summed E-state index contributed by atoms with van der Waals surface area (Å²) in [5.74, 6) is -0.197. The Morgan fingerprint density at radius 1 is 1.13 bits per heavy atom. The first kappa shape index (κ1) is 24.2. The van der Waals surface area contributed by atoms with Gasteiger partial charge in [-0.1, -0.05) is 29.3 Å². The van der Waals surface area contributed by atoms with Crippen LogP contribution in [-0.4, -0.2) is 29.6 Å². The molecule has 0 aliphatic heterocycles. The number of rotatable bonds is 6. The van der Waals surface area contributed by atoms with Crippen molar-refractivity contribution in [3.8, 4) is 11.5 Å². The molecular weight excluding hydrogens is 517 g/mol. The van der Waals surface area contributed by atoms with Crippen LogP contribution in [0, 0.1) is 6.92 Å². The lowest BCUT2D eigenvalue weighted by Gasteiger charge is -2.17. The van der Waals surface area contributed by atoms with Crippen LogP contribution in [-0.2, 0) is 9.59 Å². The zero-order valence-corrected chi connectivity index (χ0v) is 19.8. The molecule has 0 heterocycles. The van der Waals surface area contributed by atoms with Crippen LogP contribution in [0.2, 0.25) is 10.0 Å². The zero-order chi connectivity index (χ0) is 22.3. The number of aryl methyl sites for hydroxylation is 1. The summed E-state index contributed by atoms with van der Waals surface area (Å²) in [5.41, 5.74) is 5.80. The van der Waals surface area contributed by atoms with E-state index in [0.717, 1.165) is 10.0 Å². The van der Waals surface area contributed by atoms with E-state index in [4.69, 9.17) is 44.9 Å². The van der Waals surface area contributed by atoms with Crippen molar-refractivity contribution in [3.63, 3.8) is 0 Å². The molecule has 0 aliphatic carbocycles. The summed E-state index contributed by atoms with van der Waals surface area (Å²) in [6.45, 7) is 3.21. The monoisotopic (exact) mass is 533 g/mol. The van der Waals surface area contributed by atoms with Crippen LogP contribution in [0.1, 0.15) is 12.5 Å². The Labute approximate surface area is 197 Å². The van der Waals surface area contributed by atoms with E-state index in [-0.39, 0.29) is 16.7 Å². The number of nitrogens with one attached hydrogen (secondary N) is 3. The highest BCUT2D eigenvalue weighted by Gasteiger charge is 2.18. The van der Waals surface area contributed by atoms with Crippen LogP contribution in [0.5, 0.6) is 11.5 Å². The molecule has 7 nitrogen and oxygen atoms in total. The zero-order valence-electron chi connectivity index (χ0n) is 15.9. The third-order valence-corrected chi connectivity index (χ3v) is 4.92. The number of hydrogen-bond donors (Lipinski definition) is 3. The summed E-state index contributed by atoms with van der Waals surface area (Å²) in [4.78, 5) is 24.1. The Hall–Kier alpha value is -2.07. The van der Waals surface area contributed by atoms with Gasteiger partial charge in [0.15, 0.2) is 17.8 Å². The number of hydrogen-bond acceptors (Lipinski definition) is 5. The van der Waals surface area contributed by atoms with Crippen LogP contribution in [0.3, 0.4) is 0 Å². The molecule has 0 radical (unpaired) electrons. The van der Waals surface area contributed by atoms with Crippen LogP contribution >= 0.6 is 51.3 Å². The Morgan fingerprint density at radius 2 is 1.83 bits per heavy atom. The van der Waals surface area contributed by atoms with Gasteiger partial charge in [-0.2, -0.15) is 0 Å². The molecule has 0 fully saturated rings. The molecule has 0 saturated heterocycles. The average Bonchev–Trinajstić information content (AvgIpc) is 2.67. The standard InChI is InChI=1S/C19H18BrCl2N3O4S/c1-10-3-5-15(13(20)7-10)28-9-17(26)24-25-19(30)23-18(27)11(2)29-16-6-4-12(21)8-14(16)22/h3-8,11H,9H2,1-2H3,(H,24,26)(H2,23,25,27,30). The van der Waals surface area contributed by atoms with Crippen molar-refractivity contribution in [2.24, 2.45) is 0 Å². The van der Waals surface area contributed by atoms with Crippen LogP contribution < -0.4 is 25.6 Å². The van der Waals surface area contributed by atoms with Gasteiger partial charge in [0.1, 0.15) is 11.5 Å². The van der Waals surface area contributed by atoms with Gasteiger partial charge in [-0.25, -0.2) is 0 Å². The van der Waals surface area contributed by atoms with Gasteiger partial charge >= 0.3 is 0 Å². The quantitative estimate of drug-likeness (QED) is 0.384. The molecule has 160 valence electrons. The lowest BCUT2D eigenvalue weighted by atomic mass is 10.2. The first-order chi connectivity index (χ1) is 14.2. The first-order valence-electron chi connectivity index (χ1n) is 8.56. The topological polar surface area (TPSA) is 88.7 Å². The van der Waals surface area contributed by atoms with Gasteiger partial charge in [0.25, 0.3) is 11.8 Å². The SMILES string of the molecule is Cc1ccc(OCC(=O)NNC(=S)NC(=O)C(C)Oc2ccc(Cl)cc2Cl)c(Br)c1. The van der Waals surface area contributed by atoms with Gasteiger partial charge in [-0.05, 0) is 77.9 Å². The Kier molecular flexibility index (Phi) is 9.16. The number of ether oxygens (including phenoxy) is 2. The third kappa shape index (κ3) is 7.64. The van der Waals surface area contributed by atoms with E-state index in [0.29, 0.717) is 16.5 Å². The Bertz CT molecular complexity index is 961. The van der Waals surface area contributed by atoms with Crippen molar-refractivity contribution in [1.82, 2.24) is 16.2 Å². The van der Waals surface area contributed by atoms with E-state index in [2.05, 4.69) is 32.1 Å². The number of benzene rings is 2. The van der Waals surface area contributed by atoms with Gasteiger partial charge in [0, 0.05) is 5.02 Å². The second-order valence-corrected chi connectivity index (χ2v) is 8.16. The largest absolute Gasteiger partial charge is 0.483 e. The molecule has 3 N–H and O–H groups in total. The van der Waals surface area contributed by atoms with Crippen LogP contribution in [0.25, 0.3) is 0 Å². The fourth-order valence-corrected chi connectivity index (χ4v) is 3.30. The molecule has 30 heavy (non-hydrogen) atoms. The van der Waals surface area contributed by atoms with Gasteiger partial charge in [-0.3, -0.25) is 25.8 Å². The molecule has 0 saturated carbocycles. The van der Waals surface area contributed by atoms with Gasteiger partial charge in [0.05, 0.1) is 9.50 Å². The van der Waals surface area contributed by atoms with Gasteiger partial charge < -0.3 is 9.47 Å². The number of amides is 2. The van der Waals surface area contributed by atoms with E-state index in [1.807, 2.05) is 19.1 Å². The Morgan fingerprint density at radius 3 is 2.50 bits per heavy atom. The molecule has 0 bridgehead atoms. The minimum atomic E-state index is -0.902. The molecule has 1 unspecified atom stereocenters. The average molecular weight is 535 g/mol. The maximum absolute atomic E-state index is 12.2. The number of thiocarbonyl (C=S) groups is 1. The van der Waals surface area contributed by atoms with Crippen molar-refractivity contribution in [1.29, 1.82) is 0 Å². The fourth-order valence-electron chi connectivity index (χ4n) is 2.09. The molecule has 2 aromatic rings. The minimum Gasteiger partial charge on any atom is -0.483 e. The highest BCUT2D eigenvalue weighted by molar-refractivity contribution is 9.10. The summed E-state index contributed by atoms with van der Waals surface area (Å²) >= 11 is 20.2. The Balaban J connectivity index is 1.74. The molecule has 0 aliphatic rings. The number of halogens is 3. The van der Waals surface area contributed by atoms with E-state index in [9.17, 15) is 9.59 Å². The molecule has 11 heteroatoms. The van der Waals surface area contributed by atoms with Crippen molar-refractivity contribution in [3.05, 3.63) is 56.5 Å². The number of carbonyl (C=O) groups excluding carboxylic acids is 2. The molecule has 2 amide bonds. The third-order valence-electron chi connectivity index (χ3n) is 3.57. The first-order valence-corrected chi connectivity index (χ1v) is 10.5. The van der Waals surface area contributed by atoms with Crippen LogP contribution in [0.15, 0.2) is 40.9 Å². The predicted octanol–water partition coefficient (Wildman–Crippen LogP) is 3.93. The van der Waals surface area contributed by atoms with E-state index >= 15 is 0 Å². The van der Waals surface area contributed by atoms with Gasteiger partial charge in [-0.15, -0.1) is 0 Å². The smallest absolute Gasteiger partial charge is 0.276 e. The molecule has 2 aromatic carbocycles. The molecule has 2 rings (SSSR count). The normalized spacial score (nSPS) is 11.2. The molecule has 0 aromatic heterocycles. The summed E-state index contributed by atoms with van der Waals surface area (Å²) in [5, 5.41) is 3.01. The minimum absolute atomic E-state index is 0.109. The second-order valence-electron chi connectivity index (χ2n) is 6.05. The maximum atomic E-state index is 12.2. The maximum Gasteiger partial charge on any atom is 0.276 e. The van der Waals surface area contributed by atoms with Crippen molar-refractivity contribution >= 4 is 68.3 Å². The molecule has 0 spiro atoms. The summed E-state index contributed by atoms with van der Waals surface area (Å²) in [6.07, 6.45) is -0.902. The molecule has 1 atom stereocenters. The lowest BCUT2D eigenvalue weighted by Crippen LogP contribution is -2.51. The van der Waals surface area contributed by atoms with E-state index in [1.165, 1.54) is 13.0 Å². The van der Waals surface area contributed by atoms with Crippen LogP contribution in [0.4, 0.5) is 0 Å². The van der Waals surface area contributed by atoms with E-state index < -0.39 is 17.9 Å². The predicted molar refractivity (Wildman–Crippen MR) is 123 cm³/mol. The number of carbonyl (C=O) groups is 2. The highest BCUT2D eigenvalue weighted by Crippen LogP contribution is 2.28. The summed E-state index contributed by atoms with van der Waals surface area (Å²) in [6, 6.07) is 10.1. The van der Waals surface area contributed by atoms with Gasteiger partial charge in [0.2, 0.25) is 0 Å².